The van der Waals surface area contributed by atoms with E-state index in [2.05, 4.69) is 15.9 Å². The Kier molecular flexibility index (Phi) is 6.03. The first-order valence-corrected chi connectivity index (χ1v) is 14.7. The van der Waals surface area contributed by atoms with Crippen LogP contribution < -0.4 is 19.9 Å². The van der Waals surface area contributed by atoms with Gasteiger partial charge in [-0.05, 0) is 38.4 Å². The van der Waals surface area contributed by atoms with E-state index in [1.807, 2.05) is 20.0 Å². The number of phenols is 2. The van der Waals surface area contributed by atoms with Gasteiger partial charge in [-0.25, -0.2) is 0 Å². The zero-order valence-electron chi connectivity index (χ0n) is 23.2. The summed E-state index contributed by atoms with van der Waals surface area (Å²) in [4.78, 5) is 17.1. The number of phenolic OH excluding ortho intramolecular Hbond substituents is 2. The van der Waals surface area contributed by atoms with Crippen LogP contribution >= 0.6 is 11.8 Å². The highest BCUT2D eigenvalue weighted by atomic mass is 32.2. The van der Waals surface area contributed by atoms with Gasteiger partial charge in [0.15, 0.2) is 23.0 Å². The smallest absolute Gasteiger partial charge is 0.323 e. The first kappa shape index (κ1) is 26.5. The predicted octanol–water partition coefficient (Wildman–Crippen LogP) is 2.34. The number of ether oxygens (including phenoxy) is 4. The second kappa shape index (κ2) is 9.32. The summed E-state index contributed by atoms with van der Waals surface area (Å²) < 4.78 is 23.2. The number of hydrogen-bond donors (Lipinski definition) is 3. The number of rotatable bonds is 1. The molecule has 0 amide bonds. The maximum atomic E-state index is 12.8. The number of nitriles is 1. The lowest BCUT2D eigenvalue weighted by molar-refractivity contribution is -0.150. The van der Waals surface area contributed by atoms with Crippen molar-refractivity contribution in [3.05, 3.63) is 39.4 Å². The zero-order valence-corrected chi connectivity index (χ0v) is 24.0. The van der Waals surface area contributed by atoms with Gasteiger partial charge in [-0.2, -0.15) is 5.26 Å². The number of cyclic esters (lactones) is 1. The van der Waals surface area contributed by atoms with Crippen LogP contribution in [0.25, 0.3) is 0 Å². The molecule has 5 aliphatic rings. The van der Waals surface area contributed by atoms with E-state index in [0.29, 0.717) is 40.4 Å². The molecule has 2 aromatic carbocycles. The van der Waals surface area contributed by atoms with Gasteiger partial charge in [0.05, 0.1) is 30.5 Å². The quantitative estimate of drug-likeness (QED) is 0.425. The van der Waals surface area contributed by atoms with Gasteiger partial charge in [-0.15, -0.1) is 11.8 Å². The van der Waals surface area contributed by atoms with Crippen molar-refractivity contribution in [2.45, 2.75) is 61.8 Å². The van der Waals surface area contributed by atoms with E-state index >= 15 is 0 Å². The number of hydrogen-bond acceptors (Lipinski definition) is 12. The molecule has 0 aliphatic carbocycles. The number of benzene rings is 2. The lowest BCUT2D eigenvalue weighted by Gasteiger charge is -2.61. The summed E-state index contributed by atoms with van der Waals surface area (Å²) in [6.45, 7) is 3.61. The molecule has 12 heteroatoms. The number of methoxy groups -OCH3 is 1. The SMILES string of the molecule is COc1c(C)cc2c(c1O)[C@H]1C3[C@@H]4SCC(N)C(=O)OC[C@@H](c5c6c(c(C)c(O)c54)OCO6)N3[C@@H](C#N)[C@H](C2)N1C. The first-order chi connectivity index (χ1) is 19.7. The highest BCUT2D eigenvalue weighted by Gasteiger charge is 2.60. The van der Waals surface area contributed by atoms with Crippen LogP contribution in [0.15, 0.2) is 6.07 Å². The molecule has 0 spiro atoms. The number of piperazine rings is 1. The molecule has 4 bridgehead atoms. The molecule has 216 valence electrons. The largest absolute Gasteiger partial charge is 0.507 e. The van der Waals surface area contributed by atoms with Crippen molar-refractivity contribution in [2.75, 3.05) is 33.3 Å². The average molecular weight is 581 g/mol. The van der Waals surface area contributed by atoms with Crippen LogP contribution in [-0.4, -0.2) is 83.5 Å². The van der Waals surface area contributed by atoms with Gasteiger partial charge in [-0.1, -0.05) is 6.07 Å². The molecule has 7 rings (SSSR count). The minimum Gasteiger partial charge on any atom is -0.507 e. The molecular weight excluding hydrogens is 548 g/mol. The van der Waals surface area contributed by atoms with Crippen molar-refractivity contribution in [2.24, 2.45) is 5.73 Å². The topological polar surface area (TPSA) is 151 Å². The summed E-state index contributed by atoms with van der Waals surface area (Å²) in [6, 6.07) is 1.56. The fourth-order valence-electron chi connectivity index (χ4n) is 7.72. The van der Waals surface area contributed by atoms with E-state index in [0.717, 1.165) is 16.7 Å². The number of likely N-dealkylation sites (N-methyl/N-ethyl adjacent to an activating group) is 1. The number of carbonyl (C=O) groups excluding carboxylic acids is 1. The monoisotopic (exact) mass is 580 g/mol. The second-order valence-electron chi connectivity index (χ2n) is 11.4. The zero-order chi connectivity index (χ0) is 28.9. The minimum atomic E-state index is -0.857. The minimum absolute atomic E-state index is 0.000740. The van der Waals surface area contributed by atoms with E-state index in [1.54, 1.807) is 14.0 Å². The third-order valence-electron chi connectivity index (χ3n) is 9.47. The van der Waals surface area contributed by atoms with E-state index in [-0.39, 0.29) is 42.7 Å². The molecule has 0 saturated carbocycles. The van der Waals surface area contributed by atoms with Gasteiger partial charge >= 0.3 is 5.97 Å². The van der Waals surface area contributed by atoms with Crippen LogP contribution in [0.4, 0.5) is 0 Å². The fraction of sp³-hybridized carbons (Fsp3) is 0.517. The predicted molar refractivity (Wildman–Crippen MR) is 148 cm³/mol. The van der Waals surface area contributed by atoms with Crippen molar-refractivity contribution in [3.8, 4) is 34.8 Å². The standard InChI is InChI=1S/C29H32N4O7S/c1-11-5-13-6-15-16(7-30)33-17-8-38-29(36)14(31)9-41-28(20-19(17)27-26(39-10-40-27)12(2)23(20)34)22(33)21(32(15)3)18(13)24(35)25(11)37-4/h5,14-17,21-22,28,34-35H,6,8-10,31H2,1-4H3/t14?,15-,16-,17-,21-,22?,28+/m0/s1. The fourth-order valence-corrected chi connectivity index (χ4v) is 9.16. The number of fused-ring (bicyclic) bond motifs is 9. The maximum absolute atomic E-state index is 12.8. The Morgan fingerprint density at radius 3 is 2.63 bits per heavy atom. The molecule has 41 heavy (non-hydrogen) atoms. The van der Waals surface area contributed by atoms with Gasteiger partial charge in [0.1, 0.15) is 24.4 Å². The third-order valence-corrected chi connectivity index (χ3v) is 10.9. The lowest BCUT2D eigenvalue weighted by Crippen LogP contribution is -2.69. The van der Waals surface area contributed by atoms with Crippen LogP contribution in [0.1, 0.15) is 50.7 Å². The van der Waals surface area contributed by atoms with E-state index < -0.39 is 35.4 Å². The van der Waals surface area contributed by atoms with E-state index in [4.69, 9.17) is 24.7 Å². The summed E-state index contributed by atoms with van der Waals surface area (Å²) in [7, 11) is 3.53. The van der Waals surface area contributed by atoms with Crippen LogP contribution in [0, 0.1) is 25.2 Å². The molecule has 5 aliphatic heterocycles. The Bertz CT molecular complexity index is 1530. The highest BCUT2D eigenvalue weighted by Crippen LogP contribution is 2.63. The number of aryl methyl sites for hydroxylation is 1. The number of thioether (sulfide) groups is 1. The molecule has 11 nitrogen and oxygen atoms in total. The molecular formula is C29H32N4O7S. The van der Waals surface area contributed by atoms with E-state index in [1.165, 1.54) is 11.8 Å². The molecule has 7 atom stereocenters. The molecule has 4 N–H and O–H groups in total. The summed E-state index contributed by atoms with van der Waals surface area (Å²) in [5.74, 6) is 1.27. The Balaban J connectivity index is 1.54. The number of esters is 1. The Hall–Kier alpha value is -3.37. The normalized spacial score (nSPS) is 31.9. The van der Waals surface area contributed by atoms with Crippen molar-refractivity contribution in [1.82, 2.24) is 9.80 Å². The van der Waals surface area contributed by atoms with Crippen LogP contribution in [0.2, 0.25) is 0 Å². The molecule has 0 aromatic heterocycles. The second-order valence-corrected chi connectivity index (χ2v) is 12.6. The first-order valence-electron chi connectivity index (χ1n) is 13.7. The van der Waals surface area contributed by atoms with Gasteiger partial charge in [-0.3, -0.25) is 14.6 Å². The highest BCUT2D eigenvalue weighted by molar-refractivity contribution is 7.99. The third kappa shape index (κ3) is 3.46. The summed E-state index contributed by atoms with van der Waals surface area (Å²) in [6.07, 6.45) is 0.543. The van der Waals surface area contributed by atoms with Gasteiger partial charge in [0, 0.05) is 40.1 Å². The molecule has 2 saturated heterocycles. The molecule has 0 radical (unpaired) electrons. The van der Waals surface area contributed by atoms with Gasteiger partial charge in [0.25, 0.3) is 0 Å². The molecule has 5 heterocycles. The molecule has 2 fully saturated rings. The van der Waals surface area contributed by atoms with Gasteiger partial charge < -0.3 is 34.9 Å². The van der Waals surface area contributed by atoms with Crippen molar-refractivity contribution < 1.29 is 34.0 Å². The summed E-state index contributed by atoms with van der Waals surface area (Å²) in [5.41, 5.74) is 10.7. The van der Waals surface area contributed by atoms with Crippen molar-refractivity contribution >= 4 is 17.7 Å². The Labute approximate surface area is 241 Å². The van der Waals surface area contributed by atoms with Crippen molar-refractivity contribution in [1.29, 1.82) is 5.26 Å². The van der Waals surface area contributed by atoms with Crippen LogP contribution in [0.3, 0.4) is 0 Å². The van der Waals surface area contributed by atoms with Crippen LogP contribution in [-0.2, 0) is 16.0 Å². The van der Waals surface area contributed by atoms with Crippen LogP contribution in [0.5, 0.6) is 28.7 Å². The maximum Gasteiger partial charge on any atom is 0.323 e. The number of carbonyl (C=O) groups is 1. The Morgan fingerprint density at radius 2 is 1.90 bits per heavy atom. The Morgan fingerprint density at radius 1 is 1.15 bits per heavy atom. The number of nitrogens with zero attached hydrogens (tertiary/aromatic N) is 3. The summed E-state index contributed by atoms with van der Waals surface area (Å²) >= 11 is 1.45. The average Bonchev–Trinajstić information content (AvgIpc) is 3.44. The molecule has 2 aromatic rings. The van der Waals surface area contributed by atoms with Crippen molar-refractivity contribution in [3.63, 3.8) is 0 Å². The van der Waals surface area contributed by atoms with E-state index in [9.17, 15) is 20.3 Å². The van der Waals surface area contributed by atoms with Gasteiger partial charge in [0.2, 0.25) is 6.79 Å². The molecule has 2 unspecified atom stereocenters. The lowest BCUT2D eigenvalue weighted by atomic mass is 9.71. The summed E-state index contributed by atoms with van der Waals surface area (Å²) in [5, 5.41) is 33.7. The number of aromatic hydroxyl groups is 2. The number of nitrogens with two attached hydrogens (primary N) is 1.